The van der Waals surface area contributed by atoms with E-state index in [0.29, 0.717) is 0 Å². The second kappa shape index (κ2) is 7.51. The SMILES string of the molecule is CCCc1cc([C@@H]2CCCN2C(=O)Nc2ccc(CC)cc2)no1. The molecule has 1 N–H and O–H groups in total. The first-order valence-corrected chi connectivity index (χ1v) is 8.83. The Hall–Kier alpha value is -2.30. The number of aryl methyl sites for hydroxylation is 2. The Balaban J connectivity index is 1.68. The number of urea groups is 1. The summed E-state index contributed by atoms with van der Waals surface area (Å²) < 4.78 is 5.38. The third-order valence-electron chi connectivity index (χ3n) is 4.54. The molecule has 1 atom stereocenters. The Morgan fingerprint density at radius 2 is 2.12 bits per heavy atom. The van der Waals surface area contributed by atoms with Gasteiger partial charge in [-0.15, -0.1) is 0 Å². The van der Waals surface area contributed by atoms with E-state index in [1.165, 1.54) is 5.56 Å². The van der Waals surface area contributed by atoms with Gasteiger partial charge in [0.15, 0.2) is 0 Å². The van der Waals surface area contributed by atoms with E-state index in [1.54, 1.807) is 0 Å². The molecule has 1 aliphatic rings. The van der Waals surface area contributed by atoms with Crippen molar-refractivity contribution in [3.05, 3.63) is 47.3 Å². The fourth-order valence-electron chi connectivity index (χ4n) is 3.19. The molecule has 5 nitrogen and oxygen atoms in total. The molecule has 2 aromatic rings. The zero-order valence-corrected chi connectivity index (χ0v) is 14.4. The Labute approximate surface area is 143 Å². The highest BCUT2D eigenvalue weighted by Crippen LogP contribution is 2.32. The van der Waals surface area contributed by atoms with Crippen LogP contribution in [0.5, 0.6) is 0 Å². The predicted molar refractivity (Wildman–Crippen MR) is 94.0 cm³/mol. The Bertz CT molecular complexity index is 678. The van der Waals surface area contributed by atoms with Crippen molar-refractivity contribution in [3.63, 3.8) is 0 Å². The van der Waals surface area contributed by atoms with Gasteiger partial charge in [-0.25, -0.2) is 4.79 Å². The van der Waals surface area contributed by atoms with Gasteiger partial charge in [0.1, 0.15) is 11.5 Å². The number of nitrogens with zero attached hydrogens (tertiary/aromatic N) is 2. The molecular weight excluding hydrogens is 302 g/mol. The summed E-state index contributed by atoms with van der Waals surface area (Å²) in [5, 5.41) is 7.18. The Morgan fingerprint density at radius 1 is 1.33 bits per heavy atom. The molecule has 1 aliphatic heterocycles. The van der Waals surface area contributed by atoms with Crippen LogP contribution in [0.15, 0.2) is 34.9 Å². The first-order chi connectivity index (χ1) is 11.7. The summed E-state index contributed by atoms with van der Waals surface area (Å²) >= 11 is 0. The second-order valence-corrected chi connectivity index (χ2v) is 6.30. The molecule has 3 rings (SSSR count). The molecule has 1 aromatic carbocycles. The fraction of sp³-hybridized carbons (Fsp3) is 0.474. The number of hydrogen-bond donors (Lipinski definition) is 1. The smallest absolute Gasteiger partial charge is 0.322 e. The zero-order chi connectivity index (χ0) is 16.9. The van der Waals surface area contributed by atoms with E-state index in [9.17, 15) is 4.79 Å². The molecule has 2 amide bonds. The summed E-state index contributed by atoms with van der Waals surface area (Å²) in [6.45, 7) is 4.98. The number of rotatable bonds is 5. The van der Waals surface area contributed by atoms with Gasteiger partial charge in [-0.3, -0.25) is 0 Å². The van der Waals surface area contributed by atoms with Crippen molar-refractivity contribution in [2.45, 2.75) is 52.0 Å². The number of hydrogen-bond acceptors (Lipinski definition) is 3. The number of nitrogens with one attached hydrogen (secondary N) is 1. The molecule has 2 heterocycles. The minimum atomic E-state index is -0.0678. The highest BCUT2D eigenvalue weighted by Gasteiger charge is 2.32. The van der Waals surface area contributed by atoms with Crippen molar-refractivity contribution in [1.82, 2.24) is 10.1 Å². The van der Waals surface area contributed by atoms with Crippen LogP contribution in [0.2, 0.25) is 0 Å². The largest absolute Gasteiger partial charge is 0.361 e. The summed E-state index contributed by atoms with van der Waals surface area (Å²) in [4.78, 5) is 14.5. The molecule has 5 heteroatoms. The van der Waals surface area contributed by atoms with Crippen molar-refractivity contribution in [2.24, 2.45) is 0 Å². The van der Waals surface area contributed by atoms with E-state index < -0.39 is 0 Å². The number of anilines is 1. The normalized spacial score (nSPS) is 17.2. The molecule has 0 aliphatic carbocycles. The quantitative estimate of drug-likeness (QED) is 0.876. The summed E-state index contributed by atoms with van der Waals surface area (Å²) in [6.07, 6.45) is 4.82. The molecule has 1 fully saturated rings. The number of amides is 2. The molecule has 24 heavy (non-hydrogen) atoms. The minimum Gasteiger partial charge on any atom is -0.361 e. The van der Waals surface area contributed by atoms with Crippen molar-refractivity contribution in [1.29, 1.82) is 0 Å². The van der Waals surface area contributed by atoms with E-state index in [4.69, 9.17) is 4.52 Å². The first kappa shape index (κ1) is 16.6. The van der Waals surface area contributed by atoms with Crippen molar-refractivity contribution >= 4 is 11.7 Å². The lowest BCUT2D eigenvalue weighted by atomic mass is 10.1. The molecule has 0 bridgehead atoms. The maximum atomic E-state index is 12.6. The second-order valence-electron chi connectivity index (χ2n) is 6.30. The number of carbonyl (C=O) groups is 1. The molecular formula is C19H25N3O2. The molecule has 0 radical (unpaired) electrons. The van der Waals surface area contributed by atoms with Gasteiger partial charge in [0.2, 0.25) is 0 Å². The van der Waals surface area contributed by atoms with Gasteiger partial charge >= 0.3 is 6.03 Å². The lowest BCUT2D eigenvalue weighted by molar-refractivity contribution is 0.204. The van der Waals surface area contributed by atoms with Crippen LogP contribution >= 0.6 is 0 Å². The van der Waals surface area contributed by atoms with Crippen LogP contribution in [0.1, 0.15) is 56.2 Å². The predicted octanol–water partition coefficient (Wildman–Crippen LogP) is 4.56. The van der Waals surface area contributed by atoms with Crippen LogP contribution < -0.4 is 5.32 Å². The van der Waals surface area contributed by atoms with Crippen molar-refractivity contribution < 1.29 is 9.32 Å². The van der Waals surface area contributed by atoms with Gasteiger partial charge in [-0.1, -0.05) is 31.1 Å². The summed E-state index contributed by atoms with van der Waals surface area (Å²) in [5.74, 6) is 0.898. The van der Waals surface area contributed by atoms with E-state index >= 15 is 0 Å². The van der Waals surface area contributed by atoms with Gasteiger partial charge < -0.3 is 14.7 Å². The summed E-state index contributed by atoms with van der Waals surface area (Å²) in [5.41, 5.74) is 2.96. The van der Waals surface area contributed by atoms with Crippen molar-refractivity contribution in [3.8, 4) is 0 Å². The number of aromatic nitrogens is 1. The highest BCUT2D eigenvalue weighted by molar-refractivity contribution is 5.89. The average Bonchev–Trinajstić information content (AvgIpc) is 3.24. The van der Waals surface area contributed by atoms with Crippen LogP contribution in [-0.2, 0) is 12.8 Å². The third-order valence-corrected chi connectivity index (χ3v) is 4.54. The molecule has 0 spiro atoms. The number of carbonyl (C=O) groups excluding carboxylic acids is 1. The van der Waals surface area contributed by atoms with Gasteiger partial charge in [0.25, 0.3) is 0 Å². The Morgan fingerprint density at radius 3 is 2.83 bits per heavy atom. The topological polar surface area (TPSA) is 58.4 Å². The molecule has 1 aromatic heterocycles. The monoisotopic (exact) mass is 327 g/mol. The van der Waals surface area contributed by atoms with Crippen LogP contribution in [-0.4, -0.2) is 22.6 Å². The standard InChI is InChI=1S/C19H25N3O2/c1-3-6-16-13-17(21-24-16)18-7-5-12-22(18)19(23)20-15-10-8-14(4-2)9-11-15/h8-11,13,18H,3-7,12H2,1-2H3,(H,20,23)/t18-/m0/s1. The molecule has 0 unspecified atom stereocenters. The van der Waals surface area contributed by atoms with E-state index in [2.05, 4.69) is 24.3 Å². The average molecular weight is 327 g/mol. The highest BCUT2D eigenvalue weighted by atomic mass is 16.5. The molecule has 1 saturated heterocycles. The van der Waals surface area contributed by atoms with Crippen LogP contribution in [0.3, 0.4) is 0 Å². The maximum Gasteiger partial charge on any atom is 0.322 e. The first-order valence-electron chi connectivity index (χ1n) is 8.83. The summed E-state index contributed by atoms with van der Waals surface area (Å²) in [7, 11) is 0. The molecule has 0 saturated carbocycles. The summed E-state index contributed by atoms with van der Waals surface area (Å²) in [6, 6.07) is 9.94. The van der Waals surface area contributed by atoms with E-state index in [1.807, 2.05) is 35.2 Å². The molecule has 128 valence electrons. The van der Waals surface area contributed by atoms with E-state index in [0.717, 1.165) is 55.8 Å². The number of benzene rings is 1. The van der Waals surface area contributed by atoms with Crippen molar-refractivity contribution in [2.75, 3.05) is 11.9 Å². The third kappa shape index (κ3) is 3.61. The Kier molecular flexibility index (Phi) is 5.18. The maximum absolute atomic E-state index is 12.6. The number of likely N-dealkylation sites (tertiary alicyclic amines) is 1. The van der Waals surface area contributed by atoms with Gasteiger partial charge in [0, 0.05) is 24.7 Å². The van der Waals surface area contributed by atoms with Gasteiger partial charge in [-0.05, 0) is 43.4 Å². The zero-order valence-electron chi connectivity index (χ0n) is 14.4. The lowest BCUT2D eigenvalue weighted by Gasteiger charge is -2.23. The van der Waals surface area contributed by atoms with Gasteiger partial charge in [-0.2, -0.15) is 0 Å². The van der Waals surface area contributed by atoms with Crippen LogP contribution in [0.25, 0.3) is 0 Å². The van der Waals surface area contributed by atoms with Crippen LogP contribution in [0, 0.1) is 0 Å². The fourth-order valence-corrected chi connectivity index (χ4v) is 3.19. The lowest BCUT2D eigenvalue weighted by Crippen LogP contribution is -2.34. The van der Waals surface area contributed by atoms with E-state index in [-0.39, 0.29) is 12.1 Å². The van der Waals surface area contributed by atoms with Crippen LogP contribution in [0.4, 0.5) is 10.5 Å². The minimum absolute atomic E-state index is 0.00858. The van der Waals surface area contributed by atoms with Gasteiger partial charge in [0.05, 0.1) is 6.04 Å².